The third kappa shape index (κ3) is 5.73. The van der Waals surface area contributed by atoms with Gasteiger partial charge < -0.3 is 20.5 Å². The van der Waals surface area contributed by atoms with Gasteiger partial charge in [-0.15, -0.1) is 0 Å². The number of fused-ring (bicyclic) bond motifs is 3. The van der Waals surface area contributed by atoms with Crippen LogP contribution in [0, 0.1) is 5.92 Å². The molecule has 2 unspecified atom stereocenters. The maximum Gasteiger partial charge on any atom is 0.407 e. The van der Waals surface area contributed by atoms with Crippen LogP contribution in [0.25, 0.3) is 11.1 Å². The molecule has 0 fully saturated rings. The molecular formula is C28H32N2O5. The number of rotatable bonds is 9. The van der Waals surface area contributed by atoms with Crippen molar-refractivity contribution < 1.29 is 24.2 Å². The number of hydrogen-bond donors (Lipinski definition) is 3. The second-order valence-corrected chi connectivity index (χ2v) is 9.67. The monoisotopic (exact) mass is 476 g/mol. The molecule has 0 saturated carbocycles. The molecule has 0 saturated heterocycles. The van der Waals surface area contributed by atoms with Gasteiger partial charge in [0.1, 0.15) is 12.6 Å². The lowest BCUT2D eigenvalue weighted by Gasteiger charge is -2.22. The average Bonchev–Trinajstić information content (AvgIpc) is 3.43. The SMILES string of the molecule is CC(C)CCC(NC(=O)OCC1c2ccccc2-c2ccccc21)C(=O)NC1CC=C(C(=O)O)C1. The Hall–Kier alpha value is -3.61. The minimum Gasteiger partial charge on any atom is -0.478 e. The Morgan fingerprint density at radius 2 is 1.63 bits per heavy atom. The number of ether oxygens (including phenoxy) is 1. The highest BCUT2D eigenvalue weighted by molar-refractivity contribution is 5.89. The maximum absolute atomic E-state index is 13.0. The van der Waals surface area contributed by atoms with Crippen molar-refractivity contribution >= 4 is 18.0 Å². The highest BCUT2D eigenvalue weighted by Crippen LogP contribution is 2.44. The minimum absolute atomic E-state index is 0.0601. The third-order valence-electron chi connectivity index (χ3n) is 6.72. The predicted molar refractivity (Wildman–Crippen MR) is 133 cm³/mol. The summed E-state index contributed by atoms with van der Waals surface area (Å²) in [4.78, 5) is 36.9. The van der Waals surface area contributed by atoms with Crippen LogP contribution in [-0.2, 0) is 14.3 Å². The molecule has 2 atom stereocenters. The molecule has 35 heavy (non-hydrogen) atoms. The number of nitrogens with one attached hydrogen (secondary N) is 2. The lowest BCUT2D eigenvalue weighted by Crippen LogP contribution is -2.49. The van der Waals surface area contributed by atoms with Gasteiger partial charge in [-0.25, -0.2) is 9.59 Å². The quantitative estimate of drug-likeness (QED) is 0.490. The molecule has 0 heterocycles. The number of carbonyl (C=O) groups is 3. The van der Waals surface area contributed by atoms with Crippen LogP contribution >= 0.6 is 0 Å². The van der Waals surface area contributed by atoms with Gasteiger partial charge in [-0.05, 0) is 53.9 Å². The Morgan fingerprint density at radius 1 is 1.00 bits per heavy atom. The minimum atomic E-state index is -0.963. The molecule has 2 aromatic rings. The van der Waals surface area contributed by atoms with E-state index in [4.69, 9.17) is 9.84 Å². The maximum atomic E-state index is 13.0. The van der Waals surface area contributed by atoms with Gasteiger partial charge in [0.2, 0.25) is 5.91 Å². The fraction of sp³-hybridized carbons (Fsp3) is 0.393. The molecule has 4 rings (SSSR count). The molecule has 2 aliphatic rings. The highest BCUT2D eigenvalue weighted by Gasteiger charge is 2.31. The van der Waals surface area contributed by atoms with Crippen molar-refractivity contribution in [2.24, 2.45) is 5.92 Å². The summed E-state index contributed by atoms with van der Waals surface area (Å²) >= 11 is 0. The summed E-state index contributed by atoms with van der Waals surface area (Å²) in [6, 6.07) is 15.2. The van der Waals surface area contributed by atoms with Crippen molar-refractivity contribution in [1.29, 1.82) is 0 Å². The first-order valence-corrected chi connectivity index (χ1v) is 12.2. The zero-order chi connectivity index (χ0) is 24.9. The second kappa shape index (κ2) is 10.8. The Labute approximate surface area is 205 Å². The summed E-state index contributed by atoms with van der Waals surface area (Å²) in [5.74, 6) is -0.976. The first kappa shape index (κ1) is 24.5. The topological polar surface area (TPSA) is 105 Å². The molecule has 0 radical (unpaired) electrons. The lowest BCUT2D eigenvalue weighted by atomic mass is 9.98. The van der Waals surface area contributed by atoms with Crippen LogP contribution < -0.4 is 10.6 Å². The van der Waals surface area contributed by atoms with Crippen LogP contribution in [0.5, 0.6) is 0 Å². The normalized spacial score (nSPS) is 17.3. The van der Waals surface area contributed by atoms with E-state index in [0.717, 1.165) is 28.7 Å². The van der Waals surface area contributed by atoms with E-state index in [1.54, 1.807) is 6.08 Å². The van der Waals surface area contributed by atoms with Gasteiger partial charge in [-0.2, -0.15) is 0 Å². The van der Waals surface area contributed by atoms with Crippen molar-refractivity contribution in [3.05, 3.63) is 71.3 Å². The van der Waals surface area contributed by atoms with Gasteiger partial charge in [0.15, 0.2) is 0 Å². The standard InChI is InChI=1S/C28H32N2O5/c1-17(2)11-14-25(26(31)29-19-13-12-18(15-19)27(32)33)30-28(34)35-16-24-22-9-5-3-7-20(22)21-8-4-6-10-23(21)24/h3-10,12,17,19,24-25H,11,13-16H2,1-2H3,(H,29,31)(H,30,34)(H,32,33). The largest absolute Gasteiger partial charge is 0.478 e. The van der Waals surface area contributed by atoms with Crippen molar-refractivity contribution in [1.82, 2.24) is 10.6 Å². The van der Waals surface area contributed by atoms with E-state index in [1.165, 1.54) is 0 Å². The smallest absolute Gasteiger partial charge is 0.407 e. The number of carboxylic acid groups (broad SMARTS) is 1. The zero-order valence-corrected chi connectivity index (χ0v) is 20.1. The van der Waals surface area contributed by atoms with Crippen molar-refractivity contribution in [2.75, 3.05) is 6.61 Å². The molecule has 0 aromatic heterocycles. The van der Waals surface area contributed by atoms with Crippen LogP contribution in [0.4, 0.5) is 4.79 Å². The van der Waals surface area contributed by atoms with Gasteiger partial charge in [-0.3, -0.25) is 4.79 Å². The van der Waals surface area contributed by atoms with E-state index in [1.807, 2.05) is 24.3 Å². The zero-order valence-electron chi connectivity index (χ0n) is 20.1. The number of alkyl carbamates (subject to hydrolysis) is 1. The van der Waals surface area contributed by atoms with Crippen LogP contribution in [0.15, 0.2) is 60.2 Å². The van der Waals surface area contributed by atoms with Crippen LogP contribution in [-0.4, -0.2) is 41.8 Å². The van der Waals surface area contributed by atoms with E-state index < -0.39 is 18.1 Å². The van der Waals surface area contributed by atoms with Gasteiger partial charge in [-0.1, -0.05) is 68.5 Å². The average molecular weight is 477 g/mol. The Kier molecular flexibility index (Phi) is 7.54. The lowest BCUT2D eigenvalue weighted by molar-refractivity contribution is -0.133. The Balaban J connectivity index is 1.37. The van der Waals surface area contributed by atoms with Crippen LogP contribution in [0.2, 0.25) is 0 Å². The van der Waals surface area contributed by atoms with Crippen molar-refractivity contribution in [3.63, 3.8) is 0 Å². The number of aliphatic carboxylic acids is 1. The summed E-state index contributed by atoms with van der Waals surface area (Å²) in [5.41, 5.74) is 4.85. The molecule has 2 amide bonds. The molecule has 0 spiro atoms. The van der Waals surface area contributed by atoms with Crippen LogP contribution in [0.1, 0.15) is 56.6 Å². The Morgan fingerprint density at radius 3 is 2.20 bits per heavy atom. The number of carbonyl (C=O) groups excluding carboxylic acids is 2. The molecule has 7 heteroatoms. The van der Waals surface area contributed by atoms with Crippen molar-refractivity contribution in [2.45, 2.75) is 57.5 Å². The number of hydrogen-bond acceptors (Lipinski definition) is 4. The summed E-state index contributed by atoms with van der Waals surface area (Å²) in [7, 11) is 0. The number of benzene rings is 2. The van der Waals surface area contributed by atoms with E-state index in [9.17, 15) is 14.4 Å². The Bertz CT molecular complexity index is 1090. The molecule has 2 aliphatic carbocycles. The van der Waals surface area contributed by atoms with Gasteiger partial charge >= 0.3 is 12.1 Å². The molecule has 0 aliphatic heterocycles. The predicted octanol–water partition coefficient (Wildman–Crippen LogP) is 4.62. The van der Waals surface area contributed by atoms with Gasteiger partial charge in [0.25, 0.3) is 0 Å². The molecule has 7 nitrogen and oxygen atoms in total. The first-order valence-electron chi connectivity index (χ1n) is 12.2. The van der Waals surface area contributed by atoms with E-state index in [2.05, 4.69) is 48.7 Å². The van der Waals surface area contributed by atoms with E-state index in [-0.39, 0.29) is 30.9 Å². The fourth-order valence-corrected chi connectivity index (χ4v) is 4.85. The van der Waals surface area contributed by atoms with Crippen LogP contribution in [0.3, 0.4) is 0 Å². The fourth-order valence-electron chi connectivity index (χ4n) is 4.85. The molecule has 3 N–H and O–H groups in total. The van der Waals surface area contributed by atoms with Crippen molar-refractivity contribution in [3.8, 4) is 11.1 Å². The summed E-state index contributed by atoms with van der Waals surface area (Å²) in [6.45, 7) is 4.29. The summed E-state index contributed by atoms with van der Waals surface area (Å²) < 4.78 is 5.63. The van der Waals surface area contributed by atoms with E-state index >= 15 is 0 Å². The molecule has 184 valence electrons. The molecule has 2 aromatic carbocycles. The van der Waals surface area contributed by atoms with Gasteiger partial charge in [0.05, 0.1) is 0 Å². The highest BCUT2D eigenvalue weighted by atomic mass is 16.5. The second-order valence-electron chi connectivity index (χ2n) is 9.67. The number of amides is 2. The van der Waals surface area contributed by atoms with E-state index in [0.29, 0.717) is 24.3 Å². The number of carboxylic acids is 1. The summed E-state index contributed by atoms with van der Waals surface area (Å²) in [6.07, 6.45) is 2.98. The summed E-state index contributed by atoms with van der Waals surface area (Å²) in [5, 5.41) is 14.8. The molecule has 0 bridgehead atoms. The van der Waals surface area contributed by atoms with Gasteiger partial charge in [0, 0.05) is 17.5 Å². The third-order valence-corrected chi connectivity index (χ3v) is 6.72. The first-order chi connectivity index (χ1) is 16.8. The molecular weight excluding hydrogens is 444 g/mol.